The second-order valence-corrected chi connectivity index (χ2v) is 6.39. The molecule has 0 spiro atoms. The van der Waals surface area contributed by atoms with Crippen LogP contribution >= 0.6 is 11.6 Å². The number of aromatic nitrogens is 2. The van der Waals surface area contributed by atoms with Gasteiger partial charge in [-0.25, -0.2) is 4.39 Å². The van der Waals surface area contributed by atoms with Crippen LogP contribution in [0.5, 0.6) is 0 Å². The molecule has 0 aliphatic carbocycles. The summed E-state index contributed by atoms with van der Waals surface area (Å²) in [6.07, 6.45) is 3.71. The summed E-state index contributed by atoms with van der Waals surface area (Å²) in [5.74, 6) is -0.0734. The molecule has 3 rings (SSSR count). The van der Waals surface area contributed by atoms with Crippen molar-refractivity contribution in [3.63, 3.8) is 0 Å². The Kier molecular flexibility index (Phi) is 5.48. The molecular weight excluding hydrogens is 331 g/mol. The van der Waals surface area contributed by atoms with Crippen LogP contribution in [0.3, 0.4) is 0 Å². The lowest BCUT2D eigenvalue weighted by Gasteiger charge is -2.34. The van der Waals surface area contributed by atoms with E-state index in [0.29, 0.717) is 18.0 Å². The minimum absolute atomic E-state index is 0.142. The zero-order valence-corrected chi connectivity index (χ0v) is 14.1. The Morgan fingerprint density at radius 2 is 1.88 bits per heavy atom. The number of piperazine rings is 1. The van der Waals surface area contributed by atoms with Crippen LogP contribution in [-0.2, 0) is 17.9 Å². The minimum atomic E-state index is -0.215. The number of halogens is 2. The smallest absolute Gasteiger partial charge is 0.224 e. The van der Waals surface area contributed by atoms with E-state index in [2.05, 4.69) is 10.00 Å². The Balaban J connectivity index is 1.42. The summed E-state index contributed by atoms with van der Waals surface area (Å²) < 4.78 is 14.6. The highest BCUT2D eigenvalue weighted by Crippen LogP contribution is 2.11. The molecule has 1 amide bonds. The van der Waals surface area contributed by atoms with Gasteiger partial charge in [0.15, 0.2) is 0 Å². The number of carbonyl (C=O) groups is 1. The zero-order valence-electron chi connectivity index (χ0n) is 13.4. The standard InChI is InChI=1S/C17H20ClFN4O/c18-15-11-20-23(13-15)6-5-17(24)22-9-7-21(8-10-22)12-14-1-3-16(19)4-2-14/h1-4,11,13H,5-10,12H2. The molecule has 1 aliphatic rings. The largest absolute Gasteiger partial charge is 0.340 e. The summed E-state index contributed by atoms with van der Waals surface area (Å²) in [6.45, 7) is 4.43. The van der Waals surface area contributed by atoms with Crippen molar-refractivity contribution in [3.05, 3.63) is 53.1 Å². The van der Waals surface area contributed by atoms with Crippen LogP contribution in [0, 0.1) is 5.82 Å². The molecule has 1 aliphatic heterocycles. The lowest BCUT2D eigenvalue weighted by molar-refractivity contribution is -0.133. The normalized spacial score (nSPS) is 15.7. The number of carbonyl (C=O) groups excluding carboxylic acids is 1. The molecule has 1 saturated heterocycles. The molecule has 0 radical (unpaired) electrons. The van der Waals surface area contributed by atoms with Crippen LogP contribution in [0.4, 0.5) is 4.39 Å². The fourth-order valence-corrected chi connectivity index (χ4v) is 2.99. The molecule has 0 saturated carbocycles. The summed E-state index contributed by atoms with van der Waals surface area (Å²) in [7, 11) is 0. The lowest BCUT2D eigenvalue weighted by Crippen LogP contribution is -2.48. The average molecular weight is 351 g/mol. The van der Waals surface area contributed by atoms with Gasteiger partial charge in [0, 0.05) is 51.9 Å². The average Bonchev–Trinajstić information content (AvgIpc) is 3.01. The van der Waals surface area contributed by atoms with Crippen molar-refractivity contribution in [2.75, 3.05) is 26.2 Å². The van der Waals surface area contributed by atoms with E-state index in [1.165, 1.54) is 12.1 Å². The summed E-state index contributed by atoms with van der Waals surface area (Å²) in [5.41, 5.74) is 1.09. The highest BCUT2D eigenvalue weighted by molar-refractivity contribution is 6.30. The van der Waals surface area contributed by atoms with Crippen LogP contribution < -0.4 is 0 Å². The predicted molar refractivity (Wildman–Crippen MR) is 90.1 cm³/mol. The van der Waals surface area contributed by atoms with Crippen molar-refractivity contribution < 1.29 is 9.18 Å². The number of hydrogen-bond donors (Lipinski definition) is 0. The predicted octanol–water partition coefficient (Wildman–Crippen LogP) is 2.41. The van der Waals surface area contributed by atoms with Crippen molar-refractivity contribution in [1.29, 1.82) is 0 Å². The quantitative estimate of drug-likeness (QED) is 0.831. The summed E-state index contributed by atoms with van der Waals surface area (Å²) >= 11 is 5.81. The third kappa shape index (κ3) is 4.55. The van der Waals surface area contributed by atoms with Gasteiger partial charge in [-0.3, -0.25) is 14.4 Å². The maximum atomic E-state index is 12.9. The molecule has 1 aromatic heterocycles. The molecule has 5 nitrogen and oxygen atoms in total. The molecule has 0 bridgehead atoms. The first-order chi connectivity index (χ1) is 11.6. The first kappa shape index (κ1) is 16.9. The minimum Gasteiger partial charge on any atom is -0.340 e. The Hall–Kier alpha value is -1.92. The molecule has 0 atom stereocenters. The maximum Gasteiger partial charge on any atom is 0.224 e. The van der Waals surface area contributed by atoms with Crippen LogP contribution in [-0.4, -0.2) is 51.7 Å². The first-order valence-corrected chi connectivity index (χ1v) is 8.40. The number of amides is 1. The second-order valence-electron chi connectivity index (χ2n) is 5.96. The van der Waals surface area contributed by atoms with Gasteiger partial charge in [-0.2, -0.15) is 5.10 Å². The van der Waals surface area contributed by atoms with Crippen LogP contribution in [0.1, 0.15) is 12.0 Å². The molecule has 24 heavy (non-hydrogen) atoms. The van der Waals surface area contributed by atoms with Gasteiger partial charge in [-0.05, 0) is 17.7 Å². The number of hydrogen-bond acceptors (Lipinski definition) is 3. The van der Waals surface area contributed by atoms with E-state index >= 15 is 0 Å². The summed E-state index contributed by atoms with van der Waals surface area (Å²) in [6, 6.07) is 6.58. The third-order valence-electron chi connectivity index (χ3n) is 4.20. The highest BCUT2D eigenvalue weighted by atomic mass is 35.5. The van der Waals surface area contributed by atoms with Crippen molar-refractivity contribution in [2.24, 2.45) is 0 Å². The summed E-state index contributed by atoms with van der Waals surface area (Å²) in [4.78, 5) is 16.4. The first-order valence-electron chi connectivity index (χ1n) is 8.03. The molecule has 128 valence electrons. The van der Waals surface area contributed by atoms with Gasteiger partial charge in [0.25, 0.3) is 0 Å². The van der Waals surface area contributed by atoms with Crippen LogP contribution in [0.15, 0.2) is 36.7 Å². The SMILES string of the molecule is O=C(CCn1cc(Cl)cn1)N1CCN(Cc2ccc(F)cc2)CC1. The van der Waals surface area contributed by atoms with Crippen molar-refractivity contribution in [1.82, 2.24) is 19.6 Å². The fraction of sp³-hybridized carbons (Fsp3) is 0.412. The number of nitrogens with zero attached hydrogens (tertiary/aromatic N) is 4. The van der Waals surface area contributed by atoms with Gasteiger partial charge >= 0.3 is 0 Å². The van der Waals surface area contributed by atoms with E-state index < -0.39 is 0 Å². The van der Waals surface area contributed by atoms with Crippen molar-refractivity contribution >= 4 is 17.5 Å². The molecule has 0 unspecified atom stereocenters. The molecule has 7 heteroatoms. The molecule has 2 aromatic rings. The molecule has 1 fully saturated rings. The van der Waals surface area contributed by atoms with E-state index in [4.69, 9.17) is 11.6 Å². The van der Waals surface area contributed by atoms with E-state index in [0.717, 1.165) is 38.3 Å². The molecular formula is C17H20ClFN4O. The number of aryl methyl sites for hydroxylation is 1. The van der Waals surface area contributed by atoms with Crippen molar-refractivity contribution in [3.8, 4) is 0 Å². The molecule has 0 N–H and O–H groups in total. The Bertz CT molecular complexity index is 680. The number of rotatable bonds is 5. The van der Waals surface area contributed by atoms with Gasteiger partial charge in [0.05, 0.1) is 11.2 Å². The second kappa shape index (κ2) is 7.77. The van der Waals surface area contributed by atoms with Gasteiger partial charge in [0.2, 0.25) is 5.91 Å². The Morgan fingerprint density at radius 1 is 1.17 bits per heavy atom. The monoisotopic (exact) mass is 350 g/mol. The van der Waals surface area contributed by atoms with E-state index in [1.54, 1.807) is 17.1 Å². The van der Waals surface area contributed by atoms with Crippen LogP contribution in [0.2, 0.25) is 5.02 Å². The number of benzene rings is 1. The van der Waals surface area contributed by atoms with Gasteiger partial charge in [-0.1, -0.05) is 23.7 Å². The Labute approximate surface area is 145 Å². The fourth-order valence-electron chi connectivity index (χ4n) is 2.83. The lowest BCUT2D eigenvalue weighted by atomic mass is 10.2. The maximum absolute atomic E-state index is 12.9. The van der Waals surface area contributed by atoms with E-state index in [-0.39, 0.29) is 11.7 Å². The highest BCUT2D eigenvalue weighted by Gasteiger charge is 2.20. The van der Waals surface area contributed by atoms with Gasteiger partial charge in [0.1, 0.15) is 5.82 Å². The van der Waals surface area contributed by atoms with Gasteiger partial charge < -0.3 is 4.90 Å². The van der Waals surface area contributed by atoms with Crippen molar-refractivity contribution in [2.45, 2.75) is 19.5 Å². The molecule has 2 heterocycles. The van der Waals surface area contributed by atoms with Gasteiger partial charge in [-0.15, -0.1) is 0 Å². The topological polar surface area (TPSA) is 41.4 Å². The third-order valence-corrected chi connectivity index (χ3v) is 4.40. The molecule has 1 aromatic carbocycles. The zero-order chi connectivity index (χ0) is 16.9. The van der Waals surface area contributed by atoms with E-state index in [1.807, 2.05) is 17.0 Å². The van der Waals surface area contributed by atoms with Crippen LogP contribution in [0.25, 0.3) is 0 Å². The summed E-state index contributed by atoms with van der Waals surface area (Å²) in [5, 5.41) is 4.66. The van der Waals surface area contributed by atoms with E-state index in [9.17, 15) is 9.18 Å². The Morgan fingerprint density at radius 3 is 2.50 bits per heavy atom.